The van der Waals surface area contributed by atoms with Gasteiger partial charge in [0, 0.05) is 12.1 Å². The van der Waals surface area contributed by atoms with Gasteiger partial charge in [0.05, 0.1) is 7.11 Å². The smallest absolute Gasteiger partial charge is 0.244 e. The fourth-order valence-electron chi connectivity index (χ4n) is 1.92. The molecular weight excluding hydrogens is 312 g/mol. The molecule has 2 aromatic rings. The van der Waals surface area contributed by atoms with Gasteiger partial charge >= 0.3 is 0 Å². The average molecular weight is 327 g/mol. The van der Waals surface area contributed by atoms with E-state index in [1.165, 1.54) is 19.2 Å². The Bertz CT molecular complexity index is 791. The van der Waals surface area contributed by atoms with Crippen LogP contribution in [0.25, 0.3) is 0 Å². The third-order valence-electron chi connectivity index (χ3n) is 3.07. The van der Waals surface area contributed by atoms with E-state index in [1.807, 2.05) is 0 Å². The largest absolute Gasteiger partial charge is 0.495 e. The van der Waals surface area contributed by atoms with Crippen molar-refractivity contribution in [1.29, 1.82) is 0 Å². The van der Waals surface area contributed by atoms with Crippen molar-refractivity contribution in [3.63, 3.8) is 0 Å². The van der Waals surface area contributed by atoms with Crippen LogP contribution >= 0.6 is 0 Å². The van der Waals surface area contributed by atoms with Gasteiger partial charge in [0.15, 0.2) is 0 Å². The first-order valence-electron chi connectivity index (χ1n) is 6.42. The summed E-state index contributed by atoms with van der Waals surface area (Å²) in [4.78, 5) is -0.0492. The van der Waals surface area contributed by atoms with Crippen LogP contribution < -0.4 is 9.46 Å². The van der Waals surface area contributed by atoms with Crippen molar-refractivity contribution in [3.05, 3.63) is 59.2 Å². The highest BCUT2D eigenvalue weighted by atomic mass is 32.2. The molecule has 2 aromatic carbocycles. The molecule has 0 radical (unpaired) electrons. The highest BCUT2D eigenvalue weighted by Crippen LogP contribution is 2.24. The Morgan fingerprint density at radius 1 is 1.14 bits per heavy atom. The van der Waals surface area contributed by atoms with Crippen molar-refractivity contribution in [2.24, 2.45) is 0 Å². The Kier molecular flexibility index (Phi) is 4.77. The van der Waals surface area contributed by atoms with Crippen molar-refractivity contribution in [1.82, 2.24) is 4.72 Å². The molecule has 0 bridgehead atoms. The Morgan fingerprint density at radius 3 is 2.55 bits per heavy atom. The molecule has 0 aliphatic heterocycles. The number of ether oxygens (including phenoxy) is 1. The molecule has 0 saturated heterocycles. The number of halogens is 2. The highest BCUT2D eigenvalue weighted by Gasteiger charge is 2.20. The van der Waals surface area contributed by atoms with Crippen LogP contribution in [0, 0.1) is 18.6 Å². The second-order valence-electron chi connectivity index (χ2n) is 4.71. The molecule has 2 rings (SSSR count). The molecular formula is C15H15F2NO3S. The van der Waals surface area contributed by atoms with Crippen molar-refractivity contribution in [2.75, 3.05) is 7.11 Å². The third-order valence-corrected chi connectivity index (χ3v) is 4.49. The number of nitrogens with one attached hydrogen (secondary N) is 1. The topological polar surface area (TPSA) is 55.4 Å². The highest BCUT2D eigenvalue weighted by molar-refractivity contribution is 7.89. The molecule has 0 amide bonds. The van der Waals surface area contributed by atoms with E-state index < -0.39 is 21.7 Å². The van der Waals surface area contributed by atoms with Crippen LogP contribution in [-0.4, -0.2) is 15.5 Å². The minimum Gasteiger partial charge on any atom is -0.495 e. The van der Waals surface area contributed by atoms with Gasteiger partial charge in [-0.05, 0) is 42.8 Å². The molecule has 0 aromatic heterocycles. The minimum atomic E-state index is -3.92. The lowest BCUT2D eigenvalue weighted by Crippen LogP contribution is -2.24. The molecule has 22 heavy (non-hydrogen) atoms. The maximum atomic E-state index is 13.5. The van der Waals surface area contributed by atoms with E-state index in [4.69, 9.17) is 4.74 Å². The summed E-state index contributed by atoms with van der Waals surface area (Å²) < 4.78 is 58.6. The molecule has 0 saturated carbocycles. The number of methoxy groups -OCH3 is 1. The molecule has 0 aliphatic rings. The van der Waals surface area contributed by atoms with Gasteiger partial charge in [0.1, 0.15) is 22.3 Å². The number of hydrogen-bond donors (Lipinski definition) is 1. The summed E-state index contributed by atoms with van der Waals surface area (Å²) in [5.74, 6) is -1.14. The molecule has 4 nitrogen and oxygen atoms in total. The Balaban J connectivity index is 2.28. The number of aryl methyl sites for hydroxylation is 1. The first kappa shape index (κ1) is 16.4. The predicted molar refractivity (Wildman–Crippen MR) is 78.1 cm³/mol. The van der Waals surface area contributed by atoms with E-state index in [2.05, 4.69) is 4.72 Å². The van der Waals surface area contributed by atoms with Crippen LogP contribution in [0.4, 0.5) is 8.78 Å². The number of hydrogen-bond acceptors (Lipinski definition) is 3. The number of benzene rings is 2. The van der Waals surface area contributed by atoms with Crippen molar-refractivity contribution in [2.45, 2.75) is 18.4 Å². The zero-order chi connectivity index (χ0) is 16.3. The summed E-state index contributed by atoms with van der Waals surface area (Å²) in [6, 6.07) is 7.56. The van der Waals surface area contributed by atoms with Crippen LogP contribution in [0.2, 0.25) is 0 Å². The first-order valence-corrected chi connectivity index (χ1v) is 7.90. The monoisotopic (exact) mass is 327 g/mol. The van der Waals surface area contributed by atoms with Crippen LogP contribution in [0.15, 0.2) is 41.3 Å². The summed E-state index contributed by atoms with van der Waals surface area (Å²) in [5, 5.41) is 0. The van der Waals surface area contributed by atoms with Crippen LogP contribution in [0.1, 0.15) is 11.1 Å². The second-order valence-corrected chi connectivity index (χ2v) is 6.45. The molecule has 1 N–H and O–H groups in total. The minimum absolute atomic E-state index is 0.0492. The van der Waals surface area contributed by atoms with Gasteiger partial charge in [-0.15, -0.1) is 0 Å². The summed E-state index contributed by atoms with van der Waals surface area (Å²) in [7, 11) is -2.56. The Hall–Kier alpha value is -1.99. The van der Waals surface area contributed by atoms with Crippen molar-refractivity contribution in [3.8, 4) is 5.75 Å². The number of rotatable bonds is 5. The van der Waals surface area contributed by atoms with Crippen molar-refractivity contribution >= 4 is 10.0 Å². The lowest BCUT2D eigenvalue weighted by atomic mass is 10.2. The molecule has 0 unspecified atom stereocenters. The number of sulfonamides is 1. The summed E-state index contributed by atoms with van der Waals surface area (Å²) in [5.41, 5.74) is 0.660. The zero-order valence-corrected chi connectivity index (χ0v) is 12.9. The molecule has 0 atom stereocenters. The van der Waals surface area contributed by atoms with Crippen LogP contribution in [0.3, 0.4) is 0 Å². The SMILES string of the molecule is COc1ccc(C)cc1S(=O)(=O)NCc1cc(F)ccc1F. The average Bonchev–Trinajstić information content (AvgIpc) is 2.48. The van der Waals surface area contributed by atoms with Gasteiger partial charge in [0.25, 0.3) is 0 Å². The summed E-state index contributed by atoms with van der Waals surface area (Å²) in [6.07, 6.45) is 0. The lowest BCUT2D eigenvalue weighted by molar-refractivity contribution is 0.402. The van der Waals surface area contributed by atoms with Gasteiger partial charge in [-0.3, -0.25) is 0 Å². The standard InChI is InChI=1S/C15H15F2NO3S/c1-10-3-6-14(21-2)15(7-10)22(19,20)18-9-11-8-12(16)4-5-13(11)17/h3-8,18H,9H2,1-2H3. The Morgan fingerprint density at radius 2 is 1.86 bits per heavy atom. The third kappa shape index (κ3) is 3.61. The first-order chi connectivity index (χ1) is 10.3. The summed E-state index contributed by atoms with van der Waals surface area (Å²) >= 11 is 0. The molecule has 7 heteroatoms. The molecule has 0 fully saturated rings. The normalized spacial score (nSPS) is 11.5. The van der Waals surface area contributed by atoms with Gasteiger partial charge in [-0.1, -0.05) is 6.07 Å². The lowest BCUT2D eigenvalue weighted by Gasteiger charge is -2.12. The molecule has 0 heterocycles. The van der Waals surface area contributed by atoms with E-state index >= 15 is 0 Å². The molecule has 0 spiro atoms. The van der Waals surface area contributed by atoms with Gasteiger partial charge in [0.2, 0.25) is 10.0 Å². The van der Waals surface area contributed by atoms with Crippen molar-refractivity contribution < 1.29 is 21.9 Å². The molecule has 0 aliphatic carbocycles. The maximum Gasteiger partial charge on any atom is 0.244 e. The van der Waals surface area contributed by atoms with E-state index in [-0.39, 0.29) is 22.8 Å². The van der Waals surface area contributed by atoms with Crippen LogP contribution in [0.5, 0.6) is 5.75 Å². The Labute approximate surface area is 127 Å². The van der Waals surface area contributed by atoms with Gasteiger partial charge in [-0.25, -0.2) is 21.9 Å². The van der Waals surface area contributed by atoms with E-state index in [0.29, 0.717) is 0 Å². The van der Waals surface area contributed by atoms with Gasteiger partial charge in [-0.2, -0.15) is 0 Å². The van der Waals surface area contributed by atoms with Crippen LogP contribution in [-0.2, 0) is 16.6 Å². The second kappa shape index (κ2) is 6.41. The quantitative estimate of drug-likeness (QED) is 0.919. The van der Waals surface area contributed by atoms with E-state index in [9.17, 15) is 17.2 Å². The maximum absolute atomic E-state index is 13.5. The predicted octanol–water partition coefficient (Wildman–Crippen LogP) is 2.76. The zero-order valence-electron chi connectivity index (χ0n) is 12.1. The fraction of sp³-hybridized carbons (Fsp3) is 0.200. The molecule has 118 valence electrons. The van der Waals surface area contributed by atoms with E-state index in [0.717, 1.165) is 23.8 Å². The summed E-state index contributed by atoms with van der Waals surface area (Å²) in [6.45, 7) is 1.38. The van der Waals surface area contributed by atoms with Gasteiger partial charge < -0.3 is 4.74 Å². The van der Waals surface area contributed by atoms with E-state index in [1.54, 1.807) is 13.0 Å². The fourth-order valence-corrected chi connectivity index (χ4v) is 3.18.